The summed E-state index contributed by atoms with van der Waals surface area (Å²) in [6.07, 6.45) is -4.52. The minimum Gasteiger partial charge on any atom is -0.480 e. The average molecular weight is 255 g/mol. The predicted molar refractivity (Wildman–Crippen MR) is 53.5 cm³/mol. The number of nitrogens with zero attached hydrogens (tertiary/aromatic N) is 1. The molecule has 1 rings (SSSR count). The first-order valence-corrected chi connectivity index (χ1v) is 5.42. The van der Waals surface area contributed by atoms with Crippen LogP contribution in [0, 0.1) is 5.41 Å². The number of alkyl halides is 3. The number of hydrogen-bond donors (Lipinski definition) is 2. The molecule has 1 saturated heterocycles. The van der Waals surface area contributed by atoms with Gasteiger partial charge in [-0.25, -0.2) is 0 Å². The third-order valence-corrected chi connectivity index (χ3v) is 3.40. The van der Waals surface area contributed by atoms with Crippen molar-refractivity contribution in [1.29, 1.82) is 0 Å². The Morgan fingerprint density at radius 1 is 1.53 bits per heavy atom. The molecule has 17 heavy (non-hydrogen) atoms. The predicted octanol–water partition coefficient (Wildman–Crippen LogP) is 1.10. The Kier molecular flexibility index (Phi) is 4.03. The Labute approximate surface area is 97.0 Å². The van der Waals surface area contributed by atoms with Gasteiger partial charge in [0.15, 0.2) is 0 Å². The van der Waals surface area contributed by atoms with Crippen molar-refractivity contribution in [1.82, 2.24) is 4.90 Å². The lowest BCUT2D eigenvalue weighted by molar-refractivity contribution is -0.231. The molecule has 0 aliphatic carbocycles. The second-order valence-electron chi connectivity index (χ2n) is 4.42. The zero-order chi connectivity index (χ0) is 13.3. The number of rotatable bonds is 4. The number of carboxylic acid groups (broad SMARTS) is 1. The van der Waals surface area contributed by atoms with Crippen LogP contribution in [0.15, 0.2) is 0 Å². The minimum atomic E-state index is -4.51. The number of aliphatic hydroxyl groups excluding tert-OH is 1. The van der Waals surface area contributed by atoms with Crippen LogP contribution in [0.3, 0.4) is 0 Å². The molecule has 7 heteroatoms. The highest BCUT2D eigenvalue weighted by Gasteiger charge is 2.58. The molecule has 2 N–H and O–H groups in total. The maximum Gasteiger partial charge on any atom is 0.397 e. The smallest absolute Gasteiger partial charge is 0.397 e. The van der Waals surface area contributed by atoms with Gasteiger partial charge in [-0.05, 0) is 12.8 Å². The summed E-state index contributed by atoms with van der Waals surface area (Å²) in [6.45, 7) is 0.219. The largest absolute Gasteiger partial charge is 0.480 e. The quantitative estimate of drug-likeness (QED) is 0.789. The van der Waals surface area contributed by atoms with Crippen molar-refractivity contribution in [2.24, 2.45) is 5.41 Å². The lowest BCUT2D eigenvalue weighted by atomic mass is 9.87. The van der Waals surface area contributed by atoms with Gasteiger partial charge in [0.25, 0.3) is 0 Å². The van der Waals surface area contributed by atoms with Gasteiger partial charge in [0.2, 0.25) is 0 Å². The molecular weight excluding hydrogens is 239 g/mol. The third-order valence-electron chi connectivity index (χ3n) is 3.40. The van der Waals surface area contributed by atoms with Gasteiger partial charge in [0.05, 0.1) is 6.61 Å². The lowest BCUT2D eigenvalue weighted by Gasteiger charge is -2.31. The van der Waals surface area contributed by atoms with Gasteiger partial charge in [-0.2, -0.15) is 13.2 Å². The molecule has 0 radical (unpaired) electrons. The van der Waals surface area contributed by atoms with Crippen LogP contribution >= 0.6 is 0 Å². The highest BCUT2D eigenvalue weighted by Crippen LogP contribution is 2.45. The summed E-state index contributed by atoms with van der Waals surface area (Å²) in [5.41, 5.74) is -2.17. The van der Waals surface area contributed by atoms with Crippen LogP contribution < -0.4 is 0 Å². The molecule has 1 fully saturated rings. The van der Waals surface area contributed by atoms with E-state index < -0.39 is 36.8 Å². The van der Waals surface area contributed by atoms with Crippen molar-refractivity contribution in [2.75, 3.05) is 19.7 Å². The summed E-state index contributed by atoms with van der Waals surface area (Å²) >= 11 is 0. The first kappa shape index (κ1) is 14.2. The third kappa shape index (κ3) is 2.55. The maximum atomic E-state index is 12.8. The van der Waals surface area contributed by atoms with E-state index in [1.807, 2.05) is 0 Å². The molecule has 1 aliphatic heterocycles. The minimum absolute atomic E-state index is 0.0465. The van der Waals surface area contributed by atoms with Crippen LogP contribution in [0.5, 0.6) is 0 Å². The Balaban J connectivity index is 2.84. The van der Waals surface area contributed by atoms with E-state index in [0.717, 1.165) is 0 Å². The van der Waals surface area contributed by atoms with Crippen molar-refractivity contribution in [3.63, 3.8) is 0 Å². The monoisotopic (exact) mass is 255 g/mol. The van der Waals surface area contributed by atoms with Gasteiger partial charge in [-0.15, -0.1) is 0 Å². The van der Waals surface area contributed by atoms with E-state index in [9.17, 15) is 18.0 Å². The summed E-state index contributed by atoms with van der Waals surface area (Å²) in [4.78, 5) is 12.2. The van der Waals surface area contributed by atoms with Gasteiger partial charge < -0.3 is 10.2 Å². The first-order chi connectivity index (χ1) is 7.77. The van der Waals surface area contributed by atoms with Gasteiger partial charge >= 0.3 is 12.1 Å². The van der Waals surface area contributed by atoms with E-state index >= 15 is 0 Å². The Hall–Kier alpha value is -0.820. The fraction of sp³-hybridized carbons (Fsp3) is 0.900. The molecule has 100 valence electrons. The Bertz CT molecular complexity index is 295. The van der Waals surface area contributed by atoms with E-state index in [4.69, 9.17) is 10.2 Å². The summed E-state index contributed by atoms with van der Waals surface area (Å²) in [5, 5.41) is 17.9. The normalized spacial score (nSPS) is 28.3. The average Bonchev–Trinajstić information content (AvgIpc) is 2.63. The molecule has 0 bridgehead atoms. The summed E-state index contributed by atoms with van der Waals surface area (Å²) in [5.74, 6) is -1.12. The number of aliphatic hydroxyl groups is 1. The molecule has 0 unspecified atom stereocenters. The molecule has 2 atom stereocenters. The fourth-order valence-electron chi connectivity index (χ4n) is 2.21. The SMILES string of the molecule is CC[C@@H](C(=O)O)N1CC[C@](CO)(C(F)(F)F)C1. The zero-order valence-corrected chi connectivity index (χ0v) is 9.50. The van der Waals surface area contributed by atoms with Crippen molar-refractivity contribution in [3.8, 4) is 0 Å². The lowest BCUT2D eigenvalue weighted by Crippen LogP contribution is -2.46. The summed E-state index contributed by atoms with van der Waals surface area (Å²) < 4.78 is 38.5. The van der Waals surface area contributed by atoms with E-state index in [1.54, 1.807) is 6.92 Å². The van der Waals surface area contributed by atoms with Crippen molar-refractivity contribution < 1.29 is 28.2 Å². The van der Waals surface area contributed by atoms with Crippen molar-refractivity contribution in [2.45, 2.75) is 32.0 Å². The molecule has 0 aromatic carbocycles. The molecular formula is C10H16F3NO3. The van der Waals surface area contributed by atoms with Gasteiger partial charge in [0, 0.05) is 13.1 Å². The van der Waals surface area contributed by atoms with E-state index in [1.165, 1.54) is 4.90 Å². The van der Waals surface area contributed by atoms with Crippen LogP contribution in [0.25, 0.3) is 0 Å². The van der Waals surface area contributed by atoms with E-state index in [2.05, 4.69) is 0 Å². The molecule has 0 spiro atoms. The zero-order valence-electron chi connectivity index (χ0n) is 9.50. The van der Waals surface area contributed by atoms with Gasteiger partial charge in [-0.1, -0.05) is 6.92 Å². The second kappa shape index (κ2) is 4.81. The topological polar surface area (TPSA) is 60.8 Å². The first-order valence-electron chi connectivity index (χ1n) is 5.42. The molecule has 1 heterocycles. The maximum absolute atomic E-state index is 12.8. The molecule has 0 amide bonds. The molecule has 0 aromatic heterocycles. The van der Waals surface area contributed by atoms with E-state index in [0.29, 0.717) is 0 Å². The summed E-state index contributed by atoms with van der Waals surface area (Å²) in [7, 11) is 0. The van der Waals surface area contributed by atoms with Crippen LogP contribution in [0.4, 0.5) is 13.2 Å². The van der Waals surface area contributed by atoms with Crippen LogP contribution in [0.1, 0.15) is 19.8 Å². The molecule has 4 nitrogen and oxygen atoms in total. The van der Waals surface area contributed by atoms with Crippen LogP contribution in [-0.2, 0) is 4.79 Å². The molecule has 1 aliphatic rings. The van der Waals surface area contributed by atoms with Gasteiger partial charge in [0.1, 0.15) is 11.5 Å². The van der Waals surface area contributed by atoms with E-state index in [-0.39, 0.29) is 19.4 Å². The highest BCUT2D eigenvalue weighted by atomic mass is 19.4. The Morgan fingerprint density at radius 3 is 2.41 bits per heavy atom. The number of hydrogen-bond acceptors (Lipinski definition) is 3. The molecule has 0 saturated carbocycles. The number of likely N-dealkylation sites (tertiary alicyclic amines) is 1. The Morgan fingerprint density at radius 2 is 2.12 bits per heavy atom. The number of aliphatic carboxylic acids is 1. The highest BCUT2D eigenvalue weighted by molar-refractivity contribution is 5.73. The van der Waals surface area contributed by atoms with Gasteiger partial charge in [-0.3, -0.25) is 9.69 Å². The fourth-order valence-corrected chi connectivity index (χ4v) is 2.21. The van der Waals surface area contributed by atoms with Crippen LogP contribution in [-0.4, -0.2) is 53.0 Å². The number of carboxylic acids is 1. The summed E-state index contributed by atoms with van der Waals surface area (Å²) in [6, 6.07) is -0.911. The van der Waals surface area contributed by atoms with Crippen molar-refractivity contribution in [3.05, 3.63) is 0 Å². The van der Waals surface area contributed by atoms with Crippen molar-refractivity contribution >= 4 is 5.97 Å². The second-order valence-corrected chi connectivity index (χ2v) is 4.42. The molecule has 0 aromatic rings. The standard InChI is InChI=1S/C10H16F3NO3/c1-2-7(8(16)17)14-4-3-9(5-14,6-15)10(11,12)13/h7,15H,2-6H2,1H3,(H,16,17)/t7-,9-/m0/s1. The number of carbonyl (C=O) groups is 1. The number of halogens is 3. The van der Waals surface area contributed by atoms with Crippen LogP contribution in [0.2, 0.25) is 0 Å².